The lowest BCUT2D eigenvalue weighted by Gasteiger charge is -2.12. The van der Waals surface area contributed by atoms with E-state index in [4.69, 9.17) is 16.6 Å². The van der Waals surface area contributed by atoms with Crippen molar-refractivity contribution in [3.8, 4) is 0 Å². The molecule has 3 rings (SSSR count). The molecule has 2 aromatic carbocycles. The minimum atomic E-state index is -0.0436. The van der Waals surface area contributed by atoms with Crippen LogP contribution in [0.3, 0.4) is 0 Å². The molecule has 0 fully saturated rings. The molecule has 0 N–H and O–H groups in total. The summed E-state index contributed by atoms with van der Waals surface area (Å²) in [4.78, 5) is 4.70. The summed E-state index contributed by atoms with van der Waals surface area (Å²) < 4.78 is 0. The first-order valence-corrected chi connectivity index (χ1v) is 7.63. The van der Waals surface area contributed by atoms with Crippen LogP contribution >= 0.6 is 11.6 Å². The van der Waals surface area contributed by atoms with Gasteiger partial charge in [0.1, 0.15) is 0 Å². The molecule has 0 aliphatic heterocycles. The first-order valence-electron chi connectivity index (χ1n) is 7.19. The number of hydrogen-bond acceptors (Lipinski definition) is 1. The number of rotatable bonds is 3. The van der Waals surface area contributed by atoms with Gasteiger partial charge in [-0.05, 0) is 42.7 Å². The number of pyridine rings is 1. The van der Waals surface area contributed by atoms with Crippen LogP contribution in [0.25, 0.3) is 10.9 Å². The van der Waals surface area contributed by atoms with Gasteiger partial charge in [-0.2, -0.15) is 0 Å². The molecule has 1 heterocycles. The molecule has 0 bridgehead atoms. The van der Waals surface area contributed by atoms with Gasteiger partial charge in [-0.1, -0.05) is 42.5 Å². The Morgan fingerprint density at radius 1 is 0.952 bits per heavy atom. The molecule has 3 aromatic rings. The number of para-hydroxylation sites is 1. The summed E-state index contributed by atoms with van der Waals surface area (Å²) in [5, 5.41) is 1.12. The predicted octanol–water partition coefficient (Wildman–Crippen LogP) is 5.37. The van der Waals surface area contributed by atoms with Crippen LogP contribution in [0.2, 0.25) is 0 Å². The minimum absolute atomic E-state index is 0.0436. The highest BCUT2D eigenvalue weighted by Gasteiger charge is 2.11. The van der Waals surface area contributed by atoms with E-state index in [1.165, 1.54) is 16.5 Å². The van der Waals surface area contributed by atoms with Crippen molar-refractivity contribution in [3.63, 3.8) is 0 Å². The number of nitrogens with zero attached hydrogens (tertiary/aromatic N) is 1. The van der Waals surface area contributed by atoms with E-state index in [1.807, 2.05) is 18.2 Å². The van der Waals surface area contributed by atoms with Crippen LogP contribution in [-0.2, 0) is 6.42 Å². The van der Waals surface area contributed by atoms with E-state index >= 15 is 0 Å². The molecule has 0 radical (unpaired) electrons. The highest BCUT2D eigenvalue weighted by molar-refractivity contribution is 6.20. The second kappa shape index (κ2) is 5.87. The fourth-order valence-electron chi connectivity index (χ4n) is 2.48. The van der Waals surface area contributed by atoms with Gasteiger partial charge in [0.05, 0.1) is 10.9 Å². The Morgan fingerprint density at radius 2 is 1.76 bits per heavy atom. The Hall–Kier alpha value is -1.86. The van der Waals surface area contributed by atoms with Crippen molar-refractivity contribution in [3.05, 3.63) is 77.0 Å². The second-order valence-corrected chi connectivity index (χ2v) is 6.04. The smallest absolute Gasteiger partial charge is 0.0705 e. The van der Waals surface area contributed by atoms with Crippen molar-refractivity contribution in [1.29, 1.82) is 0 Å². The van der Waals surface area contributed by atoms with Gasteiger partial charge in [-0.15, -0.1) is 11.6 Å². The van der Waals surface area contributed by atoms with Crippen LogP contribution in [0.15, 0.2) is 54.6 Å². The number of aromatic nitrogens is 1. The number of fused-ring (bicyclic) bond motifs is 1. The van der Waals surface area contributed by atoms with E-state index in [-0.39, 0.29) is 5.38 Å². The Kier molecular flexibility index (Phi) is 3.94. The largest absolute Gasteiger partial charge is 0.253 e. The normalized spacial score (nSPS) is 12.5. The fourth-order valence-corrected chi connectivity index (χ4v) is 2.78. The molecule has 0 aliphatic rings. The lowest BCUT2D eigenvalue weighted by Crippen LogP contribution is -1.99. The van der Waals surface area contributed by atoms with Crippen molar-refractivity contribution in [1.82, 2.24) is 4.98 Å². The van der Waals surface area contributed by atoms with E-state index in [0.29, 0.717) is 0 Å². The van der Waals surface area contributed by atoms with Gasteiger partial charge in [0.15, 0.2) is 0 Å². The molecule has 106 valence electrons. The van der Waals surface area contributed by atoms with Crippen LogP contribution in [0.5, 0.6) is 0 Å². The average Bonchev–Trinajstić information content (AvgIpc) is 2.50. The number of halogens is 1. The van der Waals surface area contributed by atoms with Gasteiger partial charge in [0, 0.05) is 17.5 Å². The molecule has 1 aromatic heterocycles. The molecule has 2 heteroatoms. The second-order valence-electron chi connectivity index (χ2n) is 5.51. The van der Waals surface area contributed by atoms with E-state index in [2.05, 4.69) is 50.2 Å². The van der Waals surface area contributed by atoms with Crippen LogP contribution in [0, 0.1) is 13.8 Å². The number of alkyl halides is 1. The van der Waals surface area contributed by atoms with E-state index in [0.717, 1.165) is 23.2 Å². The Bertz CT molecular complexity index is 779. The van der Waals surface area contributed by atoms with Gasteiger partial charge >= 0.3 is 0 Å². The van der Waals surface area contributed by atoms with Crippen molar-refractivity contribution in [2.75, 3.05) is 0 Å². The van der Waals surface area contributed by atoms with Gasteiger partial charge < -0.3 is 0 Å². The summed E-state index contributed by atoms with van der Waals surface area (Å²) in [5.41, 5.74) is 5.80. The molecule has 1 unspecified atom stereocenters. The van der Waals surface area contributed by atoms with Crippen molar-refractivity contribution in [2.24, 2.45) is 0 Å². The average molecular weight is 296 g/mol. The molecule has 1 atom stereocenters. The Morgan fingerprint density at radius 3 is 2.57 bits per heavy atom. The lowest BCUT2D eigenvalue weighted by atomic mass is 10.0. The van der Waals surface area contributed by atoms with E-state index in [1.54, 1.807) is 0 Å². The zero-order valence-electron chi connectivity index (χ0n) is 12.3. The third kappa shape index (κ3) is 3.08. The van der Waals surface area contributed by atoms with E-state index < -0.39 is 0 Å². The van der Waals surface area contributed by atoms with Crippen LogP contribution in [-0.4, -0.2) is 4.98 Å². The topological polar surface area (TPSA) is 12.9 Å². The van der Waals surface area contributed by atoms with Gasteiger partial charge in [0.2, 0.25) is 0 Å². The fraction of sp³-hybridized carbons (Fsp3) is 0.211. The third-order valence-electron chi connectivity index (χ3n) is 3.94. The molecule has 0 amide bonds. The first-order chi connectivity index (χ1) is 10.1. The van der Waals surface area contributed by atoms with Crippen molar-refractivity contribution in [2.45, 2.75) is 25.6 Å². The molecule has 0 aliphatic carbocycles. The SMILES string of the molecule is Cc1ccc(C(Cl)Cc2ccc3ccccc3n2)cc1C. The van der Waals surface area contributed by atoms with Crippen molar-refractivity contribution >= 4 is 22.5 Å². The van der Waals surface area contributed by atoms with Crippen LogP contribution in [0.1, 0.15) is 27.8 Å². The number of hydrogen-bond donors (Lipinski definition) is 0. The van der Waals surface area contributed by atoms with Crippen molar-refractivity contribution < 1.29 is 0 Å². The molecular weight excluding hydrogens is 278 g/mol. The summed E-state index contributed by atoms with van der Waals surface area (Å²) in [5.74, 6) is 0. The molecular formula is C19H18ClN. The summed E-state index contributed by atoms with van der Waals surface area (Å²) >= 11 is 6.58. The summed E-state index contributed by atoms with van der Waals surface area (Å²) in [7, 11) is 0. The highest BCUT2D eigenvalue weighted by Crippen LogP contribution is 2.26. The lowest BCUT2D eigenvalue weighted by molar-refractivity contribution is 0.886. The van der Waals surface area contributed by atoms with Gasteiger partial charge in [-0.25, -0.2) is 0 Å². The Balaban J connectivity index is 1.85. The Labute approximate surface area is 130 Å². The van der Waals surface area contributed by atoms with Crippen LogP contribution < -0.4 is 0 Å². The maximum Gasteiger partial charge on any atom is 0.0705 e. The zero-order valence-corrected chi connectivity index (χ0v) is 13.1. The monoisotopic (exact) mass is 295 g/mol. The quantitative estimate of drug-likeness (QED) is 0.592. The standard InChI is InChI=1S/C19H18ClN/c1-13-7-8-16(11-14(13)2)18(20)12-17-10-9-15-5-3-4-6-19(15)21-17/h3-11,18H,12H2,1-2H3. The van der Waals surface area contributed by atoms with Crippen LogP contribution in [0.4, 0.5) is 0 Å². The zero-order chi connectivity index (χ0) is 14.8. The predicted molar refractivity (Wildman–Crippen MR) is 90.0 cm³/mol. The summed E-state index contributed by atoms with van der Waals surface area (Å²) in [6.45, 7) is 4.24. The van der Waals surface area contributed by atoms with Gasteiger partial charge in [-0.3, -0.25) is 4.98 Å². The molecule has 21 heavy (non-hydrogen) atoms. The molecule has 0 saturated heterocycles. The molecule has 1 nitrogen and oxygen atoms in total. The minimum Gasteiger partial charge on any atom is -0.253 e. The first kappa shape index (κ1) is 14.1. The maximum atomic E-state index is 6.58. The van der Waals surface area contributed by atoms with Gasteiger partial charge in [0.25, 0.3) is 0 Å². The third-order valence-corrected chi connectivity index (χ3v) is 4.34. The van der Waals surface area contributed by atoms with E-state index in [9.17, 15) is 0 Å². The molecule has 0 saturated carbocycles. The summed E-state index contributed by atoms with van der Waals surface area (Å²) in [6, 6.07) is 18.8. The molecule has 0 spiro atoms. The number of aryl methyl sites for hydroxylation is 2. The summed E-state index contributed by atoms with van der Waals surface area (Å²) in [6.07, 6.45) is 0.745. The number of benzene rings is 2. The highest BCUT2D eigenvalue weighted by atomic mass is 35.5. The maximum absolute atomic E-state index is 6.58.